The van der Waals surface area contributed by atoms with Crippen molar-refractivity contribution in [2.45, 2.75) is 25.6 Å². The maximum Gasteiger partial charge on any atom is 0.347 e. The molecule has 0 spiro atoms. The Balaban J connectivity index is 1.95. The van der Waals surface area contributed by atoms with Gasteiger partial charge in [0.05, 0.1) is 5.56 Å². The van der Waals surface area contributed by atoms with Gasteiger partial charge in [-0.3, -0.25) is 4.79 Å². The van der Waals surface area contributed by atoms with Crippen LogP contribution < -0.4 is 5.56 Å². The molecule has 108 valence electrons. The molecule has 0 saturated carbocycles. The van der Waals surface area contributed by atoms with E-state index in [2.05, 4.69) is 4.98 Å². The second-order valence-electron chi connectivity index (χ2n) is 4.97. The zero-order valence-corrected chi connectivity index (χ0v) is 11.3. The Morgan fingerprint density at radius 1 is 1.33 bits per heavy atom. The SMILES string of the molecule is C[C@H]1C[C@@H](OC(=O)c2cc(=O)[nH]c3ccccc23)C(=O)O1. The topological polar surface area (TPSA) is 85.5 Å². The van der Waals surface area contributed by atoms with E-state index < -0.39 is 23.6 Å². The van der Waals surface area contributed by atoms with Gasteiger partial charge in [0.15, 0.2) is 0 Å². The summed E-state index contributed by atoms with van der Waals surface area (Å²) in [5.74, 6) is -1.25. The summed E-state index contributed by atoms with van der Waals surface area (Å²) in [5.41, 5.74) is 0.282. The lowest BCUT2D eigenvalue weighted by atomic mass is 10.1. The van der Waals surface area contributed by atoms with Crippen molar-refractivity contribution >= 4 is 22.8 Å². The molecular weight excluding hydrogens is 274 g/mol. The van der Waals surface area contributed by atoms with Crippen molar-refractivity contribution in [3.63, 3.8) is 0 Å². The molecule has 2 aromatic rings. The molecule has 1 N–H and O–H groups in total. The van der Waals surface area contributed by atoms with Gasteiger partial charge in [-0.1, -0.05) is 18.2 Å². The standard InChI is InChI=1S/C15H13NO5/c1-8-6-12(15(19)20-8)21-14(18)10-7-13(17)16-11-5-3-2-4-9(10)11/h2-5,7-8,12H,6H2,1H3,(H,16,17)/t8-,12+/m0/s1. The number of carbonyl (C=O) groups excluding carboxylic acids is 2. The summed E-state index contributed by atoms with van der Waals surface area (Å²) < 4.78 is 10.1. The average molecular weight is 287 g/mol. The minimum Gasteiger partial charge on any atom is -0.460 e. The lowest BCUT2D eigenvalue weighted by Crippen LogP contribution is -2.23. The molecular formula is C15H13NO5. The first kappa shape index (κ1) is 13.4. The highest BCUT2D eigenvalue weighted by Crippen LogP contribution is 2.21. The number of nitrogens with one attached hydrogen (secondary N) is 1. The van der Waals surface area contributed by atoms with Crippen LogP contribution in [0.2, 0.25) is 0 Å². The predicted octanol–water partition coefficient (Wildman–Crippen LogP) is 1.39. The van der Waals surface area contributed by atoms with Crippen molar-refractivity contribution in [3.05, 3.63) is 46.2 Å². The number of aromatic nitrogens is 1. The molecule has 0 unspecified atom stereocenters. The fourth-order valence-electron chi connectivity index (χ4n) is 2.38. The molecule has 2 heterocycles. The first-order chi connectivity index (χ1) is 10.0. The lowest BCUT2D eigenvalue weighted by Gasteiger charge is -2.10. The summed E-state index contributed by atoms with van der Waals surface area (Å²) in [5, 5.41) is 0.571. The molecule has 2 atom stereocenters. The summed E-state index contributed by atoms with van der Waals surface area (Å²) in [7, 11) is 0. The van der Waals surface area contributed by atoms with Crippen LogP contribution in [0.4, 0.5) is 0 Å². The summed E-state index contributed by atoms with van der Waals surface area (Å²) in [6.45, 7) is 1.73. The Hall–Kier alpha value is -2.63. The van der Waals surface area contributed by atoms with E-state index in [0.717, 1.165) is 0 Å². The zero-order chi connectivity index (χ0) is 15.0. The number of cyclic esters (lactones) is 1. The third kappa shape index (κ3) is 2.52. The molecule has 0 amide bonds. The normalized spacial score (nSPS) is 21.3. The Morgan fingerprint density at radius 3 is 2.81 bits per heavy atom. The Kier molecular flexibility index (Phi) is 3.21. The third-order valence-corrected chi connectivity index (χ3v) is 3.35. The van der Waals surface area contributed by atoms with E-state index in [4.69, 9.17) is 9.47 Å². The van der Waals surface area contributed by atoms with E-state index in [1.807, 2.05) is 0 Å². The number of para-hydroxylation sites is 1. The number of esters is 2. The molecule has 6 nitrogen and oxygen atoms in total. The molecule has 6 heteroatoms. The van der Waals surface area contributed by atoms with Crippen LogP contribution in [-0.4, -0.2) is 29.1 Å². The number of hydrogen-bond donors (Lipinski definition) is 1. The molecule has 1 aliphatic rings. The fourth-order valence-corrected chi connectivity index (χ4v) is 2.38. The first-order valence-corrected chi connectivity index (χ1v) is 6.58. The zero-order valence-electron chi connectivity index (χ0n) is 11.3. The van der Waals surface area contributed by atoms with E-state index >= 15 is 0 Å². The van der Waals surface area contributed by atoms with Gasteiger partial charge < -0.3 is 14.5 Å². The number of rotatable bonds is 2. The van der Waals surface area contributed by atoms with Gasteiger partial charge in [-0.2, -0.15) is 0 Å². The Labute approximate surface area is 119 Å². The monoisotopic (exact) mass is 287 g/mol. The van der Waals surface area contributed by atoms with Gasteiger partial charge in [0.1, 0.15) is 6.10 Å². The van der Waals surface area contributed by atoms with Crippen LogP contribution in [0.15, 0.2) is 35.1 Å². The van der Waals surface area contributed by atoms with Gasteiger partial charge >= 0.3 is 11.9 Å². The number of fused-ring (bicyclic) bond motifs is 1. The fraction of sp³-hybridized carbons (Fsp3) is 0.267. The lowest BCUT2D eigenvalue weighted by molar-refractivity contribution is -0.147. The highest BCUT2D eigenvalue weighted by atomic mass is 16.6. The van der Waals surface area contributed by atoms with E-state index in [1.54, 1.807) is 31.2 Å². The van der Waals surface area contributed by atoms with Crippen molar-refractivity contribution < 1.29 is 19.1 Å². The minimum absolute atomic E-state index is 0.140. The van der Waals surface area contributed by atoms with Gasteiger partial charge in [0.25, 0.3) is 0 Å². The highest BCUT2D eigenvalue weighted by molar-refractivity contribution is 6.03. The molecule has 1 aromatic heterocycles. The maximum atomic E-state index is 12.2. The molecule has 0 bridgehead atoms. The number of pyridine rings is 1. The van der Waals surface area contributed by atoms with Crippen LogP contribution in [0.1, 0.15) is 23.7 Å². The quantitative estimate of drug-likeness (QED) is 0.844. The maximum absolute atomic E-state index is 12.2. The predicted molar refractivity (Wildman–Crippen MR) is 73.9 cm³/mol. The summed E-state index contributed by atoms with van der Waals surface area (Å²) in [4.78, 5) is 38.0. The molecule has 1 saturated heterocycles. The Morgan fingerprint density at radius 2 is 2.10 bits per heavy atom. The smallest absolute Gasteiger partial charge is 0.347 e. The van der Waals surface area contributed by atoms with Crippen LogP contribution in [0, 0.1) is 0 Å². The second kappa shape index (κ2) is 5.05. The van der Waals surface area contributed by atoms with E-state index in [9.17, 15) is 14.4 Å². The van der Waals surface area contributed by atoms with Crippen LogP contribution in [0.5, 0.6) is 0 Å². The van der Waals surface area contributed by atoms with Crippen molar-refractivity contribution in [3.8, 4) is 0 Å². The minimum atomic E-state index is -0.912. The van der Waals surface area contributed by atoms with Gasteiger partial charge in [-0.15, -0.1) is 0 Å². The molecule has 3 rings (SSSR count). The number of ether oxygens (including phenoxy) is 2. The molecule has 1 fully saturated rings. The summed E-state index contributed by atoms with van der Waals surface area (Å²) in [6.07, 6.45) is -0.858. The van der Waals surface area contributed by atoms with Gasteiger partial charge in [-0.25, -0.2) is 9.59 Å². The molecule has 0 radical (unpaired) electrons. The highest BCUT2D eigenvalue weighted by Gasteiger charge is 2.35. The van der Waals surface area contributed by atoms with Crippen LogP contribution in [0.3, 0.4) is 0 Å². The Bertz CT molecular complexity index is 779. The summed E-state index contributed by atoms with van der Waals surface area (Å²) >= 11 is 0. The molecule has 0 aliphatic carbocycles. The van der Waals surface area contributed by atoms with Crippen LogP contribution in [0.25, 0.3) is 10.9 Å². The van der Waals surface area contributed by atoms with Crippen molar-refractivity contribution in [1.82, 2.24) is 4.98 Å². The first-order valence-electron chi connectivity index (χ1n) is 6.58. The molecule has 1 aromatic carbocycles. The number of aromatic amines is 1. The van der Waals surface area contributed by atoms with Gasteiger partial charge in [0.2, 0.25) is 11.7 Å². The number of H-pyrrole nitrogens is 1. The third-order valence-electron chi connectivity index (χ3n) is 3.35. The van der Waals surface area contributed by atoms with E-state index in [1.165, 1.54) is 6.07 Å². The number of benzene rings is 1. The van der Waals surface area contributed by atoms with E-state index in [-0.39, 0.29) is 11.7 Å². The number of hydrogen-bond acceptors (Lipinski definition) is 5. The van der Waals surface area contributed by atoms with Crippen molar-refractivity contribution in [2.24, 2.45) is 0 Å². The molecule has 21 heavy (non-hydrogen) atoms. The summed E-state index contributed by atoms with van der Waals surface area (Å²) in [6, 6.07) is 8.08. The average Bonchev–Trinajstić information content (AvgIpc) is 2.75. The largest absolute Gasteiger partial charge is 0.460 e. The molecule has 1 aliphatic heterocycles. The van der Waals surface area contributed by atoms with E-state index in [0.29, 0.717) is 17.3 Å². The number of carbonyl (C=O) groups is 2. The van der Waals surface area contributed by atoms with Crippen molar-refractivity contribution in [1.29, 1.82) is 0 Å². The van der Waals surface area contributed by atoms with Crippen molar-refractivity contribution in [2.75, 3.05) is 0 Å². The van der Waals surface area contributed by atoms with Gasteiger partial charge in [0, 0.05) is 23.4 Å². The van der Waals surface area contributed by atoms with Crippen LogP contribution in [-0.2, 0) is 14.3 Å². The second-order valence-corrected chi connectivity index (χ2v) is 4.97. The van der Waals surface area contributed by atoms with Gasteiger partial charge in [-0.05, 0) is 13.0 Å². The van der Waals surface area contributed by atoms with Crippen LogP contribution >= 0.6 is 0 Å².